The maximum Gasteiger partial charge on any atom is 0.246 e. The normalized spacial score (nSPS) is 30.8. The van der Waals surface area contributed by atoms with E-state index in [0.29, 0.717) is 51.1 Å². The minimum atomic E-state index is -1.44. The van der Waals surface area contributed by atoms with Gasteiger partial charge in [-0.3, -0.25) is 24.0 Å². The molecule has 30 heteroatoms. The summed E-state index contributed by atoms with van der Waals surface area (Å²) in [5.41, 5.74) is 0. The Labute approximate surface area is 704 Å². The number of nitrogens with zero attached hydrogens (tertiary/aromatic N) is 3. The molecule has 0 aromatic heterocycles. The molecule has 12 N–H and O–H groups in total. The Hall–Kier alpha value is -4.43. The molecule has 0 radical (unpaired) electrons. The van der Waals surface area contributed by atoms with Crippen LogP contribution in [0.2, 0.25) is 0 Å². The van der Waals surface area contributed by atoms with Gasteiger partial charge in [-0.15, -0.1) is 0 Å². The minimum Gasteiger partial charge on any atom is -0.394 e. The highest BCUT2D eigenvalue weighted by Crippen LogP contribution is 2.29. The first-order chi connectivity index (χ1) is 55.9. The second-order valence-electron chi connectivity index (χ2n) is 32.8. The summed E-state index contributed by atoms with van der Waals surface area (Å²) in [5, 5.41) is 117. The van der Waals surface area contributed by atoms with Crippen LogP contribution in [0.4, 0.5) is 0 Å². The summed E-state index contributed by atoms with van der Waals surface area (Å²) in [7, 11) is 3.41. The smallest absolute Gasteiger partial charge is 0.246 e. The molecule has 0 bridgehead atoms. The van der Waals surface area contributed by atoms with Crippen molar-refractivity contribution < 1.29 is 133 Å². The van der Waals surface area contributed by atoms with Gasteiger partial charge in [-0.2, -0.15) is 0 Å². The van der Waals surface area contributed by atoms with Crippen LogP contribution in [-0.4, -0.2) is 312 Å². The third kappa shape index (κ3) is 45.8. The van der Waals surface area contributed by atoms with E-state index in [1.165, 1.54) is 36.7 Å². The number of piperidine rings is 1. The van der Waals surface area contributed by atoms with Crippen LogP contribution in [0.15, 0.2) is 60.8 Å². The first-order valence-electron chi connectivity index (χ1n) is 43.7. The molecule has 0 saturated carbocycles. The van der Waals surface area contributed by atoms with Gasteiger partial charge in [0.15, 0.2) is 43.0 Å². The van der Waals surface area contributed by atoms with E-state index in [1.54, 1.807) is 84.0 Å². The Bertz CT molecular complexity index is 2840. The molecule has 26 atom stereocenters. The molecule has 0 unspecified atom stereocenters. The summed E-state index contributed by atoms with van der Waals surface area (Å²) < 4.78 is 55.6. The molecule has 6 fully saturated rings. The largest absolute Gasteiger partial charge is 0.394 e. The summed E-state index contributed by atoms with van der Waals surface area (Å²) in [6.45, 7) is 29.4. The maximum atomic E-state index is 12.0. The maximum absolute atomic E-state index is 12.0. The fraction of sp³-hybridized carbons (Fsp3) is 0.830. The van der Waals surface area contributed by atoms with Gasteiger partial charge in [0.05, 0.1) is 86.0 Å². The van der Waals surface area contributed by atoms with Crippen molar-refractivity contribution in [3.05, 3.63) is 60.8 Å². The van der Waals surface area contributed by atoms with E-state index in [4.69, 9.17) is 52.5 Å². The van der Waals surface area contributed by atoms with Gasteiger partial charge in [0.25, 0.3) is 0 Å². The molecular formula is C88H157N3O27. The number of carbonyl (C=O) groups excluding carboxylic acids is 5. The van der Waals surface area contributed by atoms with Crippen LogP contribution in [0.5, 0.6) is 0 Å². The minimum absolute atomic E-state index is 0.0254. The molecule has 0 aliphatic carbocycles. The fourth-order valence-electron chi connectivity index (χ4n) is 13.1. The van der Waals surface area contributed by atoms with Crippen molar-refractivity contribution in [1.29, 1.82) is 0 Å². The van der Waals surface area contributed by atoms with Crippen molar-refractivity contribution in [1.82, 2.24) is 14.7 Å². The molecule has 6 heterocycles. The fourth-order valence-corrected chi connectivity index (χ4v) is 13.1. The lowest BCUT2D eigenvalue weighted by Crippen LogP contribution is -2.59. The van der Waals surface area contributed by atoms with E-state index in [-0.39, 0.29) is 110 Å². The molecule has 6 rings (SSSR count). The number of aliphatic hydroxyl groups excluding tert-OH is 12. The van der Waals surface area contributed by atoms with Crippen LogP contribution in [0.25, 0.3) is 0 Å². The third-order valence-electron chi connectivity index (χ3n) is 21.2. The monoisotopic (exact) mass is 1690 g/mol. The first kappa shape index (κ1) is 110. The highest BCUT2D eigenvalue weighted by molar-refractivity contribution is 5.90. The Kier molecular flexibility index (Phi) is 57.4. The van der Waals surface area contributed by atoms with Gasteiger partial charge in [-0.25, -0.2) is 0 Å². The molecule has 6 aliphatic heterocycles. The van der Waals surface area contributed by atoms with E-state index in [0.717, 1.165) is 90.1 Å². The van der Waals surface area contributed by atoms with E-state index < -0.39 is 111 Å². The number of hydrogen-bond donors (Lipinski definition) is 12. The molecule has 0 aromatic carbocycles. The van der Waals surface area contributed by atoms with E-state index in [1.807, 2.05) is 70.7 Å². The summed E-state index contributed by atoms with van der Waals surface area (Å²) >= 11 is 0. The number of likely N-dealkylation sites (N-methyl/N-ethyl adjacent to an activating group) is 2. The molecule has 686 valence electrons. The topological polar surface area (TPSA) is 430 Å². The lowest BCUT2D eigenvalue weighted by atomic mass is 9.99. The van der Waals surface area contributed by atoms with Crippen molar-refractivity contribution in [2.75, 3.05) is 46.9 Å². The van der Waals surface area contributed by atoms with E-state index in [9.17, 15) is 80.1 Å². The molecule has 6 saturated heterocycles. The predicted octanol–water partition coefficient (Wildman–Crippen LogP) is 7.77. The zero-order valence-corrected chi connectivity index (χ0v) is 73.9. The molecule has 3 amide bonds. The van der Waals surface area contributed by atoms with Crippen LogP contribution in [0.1, 0.15) is 257 Å². The van der Waals surface area contributed by atoms with Crippen molar-refractivity contribution in [3.63, 3.8) is 0 Å². The number of rotatable bonds is 42. The lowest BCUT2D eigenvalue weighted by Gasteiger charge is -2.40. The molecular weight excluding hydrogens is 1530 g/mol. The second kappa shape index (κ2) is 61.8. The number of aliphatic hydroxyl groups is 12. The number of ether oxygens (including phenoxy) is 10. The number of unbranched alkanes of at least 4 members (excludes halogenated alkanes) is 4. The van der Waals surface area contributed by atoms with Gasteiger partial charge in [-0.05, 0) is 209 Å². The number of likely N-dealkylation sites (tertiary alicyclic amines) is 1. The average Bonchev–Trinajstić information content (AvgIpc) is 0.801. The quantitative estimate of drug-likeness (QED) is 0.0205. The van der Waals surface area contributed by atoms with Crippen LogP contribution in [-0.2, 0) is 71.3 Å². The Morgan fingerprint density at radius 3 is 1.08 bits per heavy atom. The Balaban J connectivity index is 0.000000501. The van der Waals surface area contributed by atoms with Gasteiger partial charge < -0.3 is 123 Å². The zero-order chi connectivity index (χ0) is 88.6. The number of allylic oxidation sites excluding steroid dienone is 7. The van der Waals surface area contributed by atoms with Crippen LogP contribution >= 0.6 is 0 Å². The van der Waals surface area contributed by atoms with Crippen molar-refractivity contribution in [2.24, 2.45) is 5.92 Å². The summed E-state index contributed by atoms with van der Waals surface area (Å²) in [5.74, 6) is 0.881. The van der Waals surface area contributed by atoms with Crippen LogP contribution < -0.4 is 0 Å². The number of amides is 3. The molecule has 6 aliphatic rings. The second-order valence-corrected chi connectivity index (χ2v) is 32.8. The van der Waals surface area contributed by atoms with Gasteiger partial charge in [0.1, 0.15) is 48.8 Å². The van der Waals surface area contributed by atoms with Gasteiger partial charge in [0, 0.05) is 78.8 Å². The first-order valence-corrected chi connectivity index (χ1v) is 43.7. The zero-order valence-electron chi connectivity index (χ0n) is 73.9. The number of hydrogen-bond acceptors (Lipinski definition) is 27. The highest BCUT2D eigenvalue weighted by atomic mass is 16.7. The van der Waals surface area contributed by atoms with Gasteiger partial charge >= 0.3 is 0 Å². The van der Waals surface area contributed by atoms with Crippen molar-refractivity contribution >= 4 is 29.3 Å². The molecule has 30 nitrogen and oxygen atoms in total. The van der Waals surface area contributed by atoms with Crippen LogP contribution in [0, 0.1) is 5.92 Å². The van der Waals surface area contributed by atoms with E-state index in [2.05, 4.69) is 20.8 Å². The predicted molar refractivity (Wildman–Crippen MR) is 447 cm³/mol. The highest BCUT2D eigenvalue weighted by Gasteiger charge is 2.45. The molecule has 0 spiro atoms. The summed E-state index contributed by atoms with van der Waals surface area (Å²) in [6, 6.07) is 0. The average molecular weight is 1690 g/mol. The summed E-state index contributed by atoms with van der Waals surface area (Å²) in [6.07, 6.45) is 19.7. The lowest BCUT2D eigenvalue weighted by molar-refractivity contribution is -0.310. The number of ketones is 2. The van der Waals surface area contributed by atoms with E-state index >= 15 is 0 Å². The SMILES string of the molecule is CC(C)CCC(=O)/C=C/CC[C@@H](C)O[C@@H]1O[C@@H](CO)[C@H](O)[C@@H](O)[C@H]1O.CCCCCCCC(=O)/C=C/CC[C@@H](C)O[C@@H]1O[C@@H](C)[C@H](O)C[C@H]1O.CCN(CC)C(=O)/C=C/CC[C@@H](C)O[C@@H]1O[C@@H](C)[C@H](O)C[C@H]1O.C[C@H](CC/C=C/C(=O)N(C)C)O[C@@H]1O[C@@H](C)[C@H](O)C[C@H]1O.C[C@H](CC/C=C/C(=O)N1CCCCC1)O[C@@H]1O[C@@H](C)[C@H](O)C[C@H]1O. The molecule has 118 heavy (non-hydrogen) atoms. The third-order valence-corrected chi connectivity index (χ3v) is 21.2. The molecule has 0 aromatic rings. The van der Waals surface area contributed by atoms with Crippen molar-refractivity contribution in [3.8, 4) is 0 Å². The summed E-state index contributed by atoms with van der Waals surface area (Å²) in [4.78, 5) is 63.7. The van der Waals surface area contributed by atoms with Gasteiger partial charge in [-0.1, -0.05) is 76.8 Å². The van der Waals surface area contributed by atoms with Crippen LogP contribution in [0.3, 0.4) is 0 Å². The standard InChI is InChI=1S/C20H36O5.C18H31NO5.C18H32O7.C17H31NO5.C15H27NO5/c1-4-5-6-7-8-12-17(21)13-10-9-11-15(2)24-20-19(23)14-18(22)16(3)25-20;1-13(23-18-16(21)12-15(20)14(2)24-18)8-4-5-9-17(22)19-10-6-3-7-11-19;1-11(2)8-9-13(20)7-5-4-6-12(3)24-18-17(23)16(22)15(21)14(10-19)25-18;1-5-18(6-2)16(21)10-8-7-9-12(3)22-17-15(20)11-14(19)13(4)23-17;1-10(7-5-6-8-14(19)16(3)4)20-15-13(18)9-12(17)11(2)21-15/h10,13,15-16,18-20,22-23H,4-9,11-12,14H2,1-3H3;5,9,13-16,18,20-21H,3-4,6-8,10-12H2,1-2H3;5,7,11-12,14-19,21-23H,4,6,8-10H2,1-3H3;8,10,12-15,17,19-20H,5-7,9,11H2,1-4H3;6,8,10-13,15,17-18H,5,7,9H2,1-4H3/b13-10+;9-5+;7-5+;10-8+;8-6+/t15-,16+,18-,19-,20-;13-,14+,15-,16-,18-;12-,14+,15+,16-,17-,18-;12-,13+,14-,15-,17-;10-,11+,12-,13-,15-/m11111/s1. The number of carbonyl (C=O) groups is 5. The van der Waals surface area contributed by atoms with Gasteiger partial charge in [0.2, 0.25) is 17.7 Å². The Morgan fingerprint density at radius 1 is 0.398 bits per heavy atom. The Morgan fingerprint density at radius 2 is 0.737 bits per heavy atom. The van der Waals surface area contributed by atoms with Crippen molar-refractivity contribution in [2.45, 2.75) is 417 Å².